The second-order valence-corrected chi connectivity index (χ2v) is 5.47. The highest BCUT2D eigenvalue weighted by Gasteiger charge is 2.68. The van der Waals surface area contributed by atoms with Gasteiger partial charge >= 0.3 is 0 Å². The summed E-state index contributed by atoms with van der Waals surface area (Å²) in [6.45, 7) is 10.3. The van der Waals surface area contributed by atoms with E-state index in [1.165, 1.54) is 0 Å². The van der Waals surface area contributed by atoms with Crippen molar-refractivity contribution in [2.45, 2.75) is 40.7 Å². The molecule has 82 valence electrons. The molecule has 1 atom stereocenters. The first-order valence-corrected chi connectivity index (χ1v) is 5.16. The zero-order valence-corrected chi connectivity index (χ0v) is 9.72. The molecular formula is C11H21NO2. The third-order valence-electron chi connectivity index (χ3n) is 3.95. The van der Waals surface area contributed by atoms with E-state index in [9.17, 15) is 4.79 Å². The molecule has 1 fully saturated rings. The summed E-state index contributed by atoms with van der Waals surface area (Å²) < 4.78 is 0. The van der Waals surface area contributed by atoms with Crippen molar-refractivity contribution in [1.82, 2.24) is 5.32 Å². The molecule has 1 aliphatic rings. The molecule has 0 saturated heterocycles. The number of nitrogens with one attached hydrogen (secondary N) is 1. The first kappa shape index (κ1) is 11.5. The Hall–Kier alpha value is -0.570. The highest BCUT2D eigenvalue weighted by molar-refractivity contribution is 5.84. The van der Waals surface area contributed by atoms with E-state index >= 15 is 0 Å². The van der Waals surface area contributed by atoms with Gasteiger partial charge in [0, 0.05) is 12.0 Å². The first-order valence-electron chi connectivity index (χ1n) is 5.16. The van der Waals surface area contributed by atoms with Crippen LogP contribution in [0.15, 0.2) is 0 Å². The van der Waals surface area contributed by atoms with Crippen molar-refractivity contribution in [3.05, 3.63) is 0 Å². The maximum absolute atomic E-state index is 11.8. The number of hydrogen-bond acceptors (Lipinski definition) is 2. The van der Waals surface area contributed by atoms with Gasteiger partial charge in [0.25, 0.3) is 0 Å². The van der Waals surface area contributed by atoms with E-state index in [-0.39, 0.29) is 35.3 Å². The summed E-state index contributed by atoms with van der Waals surface area (Å²) in [6, 6.07) is -0.144. The number of carbonyl (C=O) groups excluding carboxylic acids is 1. The molecule has 0 bridgehead atoms. The van der Waals surface area contributed by atoms with Crippen molar-refractivity contribution in [1.29, 1.82) is 0 Å². The summed E-state index contributed by atoms with van der Waals surface area (Å²) in [7, 11) is 0. The zero-order chi connectivity index (χ0) is 11.1. The minimum Gasteiger partial charge on any atom is -0.394 e. The highest BCUT2D eigenvalue weighted by Crippen LogP contribution is 2.68. The van der Waals surface area contributed by atoms with Crippen molar-refractivity contribution in [3.8, 4) is 0 Å². The maximum atomic E-state index is 11.8. The summed E-state index contributed by atoms with van der Waals surface area (Å²) in [6.07, 6.45) is 0. The quantitative estimate of drug-likeness (QED) is 0.716. The molecule has 0 spiro atoms. The van der Waals surface area contributed by atoms with E-state index in [0.717, 1.165) is 0 Å². The van der Waals surface area contributed by atoms with E-state index < -0.39 is 0 Å². The molecule has 0 aliphatic heterocycles. The average Bonchev–Trinajstić information content (AvgIpc) is 2.42. The van der Waals surface area contributed by atoms with E-state index in [1.807, 2.05) is 0 Å². The van der Waals surface area contributed by atoms with Crippen molar-refractivity contribution in [3.63, 3.8) is 0 Å². The molecule has 14 heavy (non-hydrogen) atoms. The average molecular weight is 199 g/mol. The van der Waals surface area contributed by atoms with Gasteiger partial charge in [-0.25, -0.2) is 0 Å². The van der Waals surface area contributed by atoms with Crippen LogP contribution < -0.4 is 5.32 Å². The van der Waals surface area contributed by atoms with Crippen molar-refractivity contribution < 1.29 is 9.90 Å². The molecule has 0 heterocycles. The Bertz CT molecular complexity index is 232. The molecule has 1 amide bonds. The van der Waals surface area contributed by atoms with Crippen LogP contribution in [0.4, 0.5) is 0 Å². The van der Waals surface area contributed by atoms with E-state index in [1.54, 1.807) is 6.92 Å². The van der Waals surface area contributed by atoms with Gasteiger partial charge in [0.2, 0.25) is 5.91 Å². The third kappa shape index (κ3) is 1.54. The fourth-order valence-corrected chi connectivity index (χ4v) is 2.22. The fraction of sp³-hybridized carbons (Fsp3) is 0.909. The second kappa shape index (κ2) is 3.23. The third-order valence-corrected chi connectivity index (χ3v) is 3.95. The van der Waals surface area contributed by atoms with Crippen LogP contribution in [0.2, 0.25) is 0 Å². The molecule has 0 radical (unpaired) electrons. The summed E-state index contributed by atoms with van der Waals surface area (Å²) in [5.41, 5.74) is 0.151. The van der Waals surface area contributed by atoms with Gasteiger partial charge in [-0.1, -0.05) is 27.7 Å². The van der Waals surface area contributed by atoms with Gasteiger partial charge in [-0.15, -0.1) is 0 Å². The summed E-state index contributed by atoms with van der Waals surface area (Å²) in [4.78, 5) is 11.8. The number of hydrogen-bond donors (Lipinski definition) is 2. The smallest absolute Gasteiger partial charge is 0.224 e. The molecule has 3 nitrogen and oxygen atoms in total. The van der Waals surface area contributed by atoms with Crippen LogP contribution in [0.5, 0.6) is 0 Å². The van der Waals surface area contributed by atoms with Crippen molar-refractivity contribution in [2.24, 2.45) is 16.7 Å². The predicted octanol–water partition coefficient (Wildman–Crippen LogP) is 1.17. The van der Waals surface area contributed by atoms with E-state index in [0.29, 0.717) is 0 Å². The van der Waals surface area contributed by atoms with Crippen LogP contribution in [-0.2, 0) is 4.79 Å². The van der Waals surface area contributed by atoms with Crippen LogP contribution in [0.1, 0.15) is 34.6 Å². The Morgan fingerprint density at radius 1 is 1.36 bits per heavy atom. The lowest BCUT2D eigenvalue weighted by molar-refractivity contribution is -0.124. The number of amides is 1. The lowest BCUT2D eigenvalue weighted by atomic mass is 10.0. The molecule has 0 unspecified atom stereocenters. The van der Waals surface area contributed by atoms with Crippen LogP contribution >= 0.6 is 0 Å². The summed E-state index contributed by atoms with van der Waals surface area (Å²) in [5.74, 6) is 0.144. The molecule has 1 saturated carbocycles. The van der Waals surface area contributed by atoms with Gasteiger partial charge < -0.3 is 10.4 Å². The van der Waals surface area contributed by atoms with Crippen LogP contribution in [0.3, 0.4) is 0 Å². The predicted molar refractivity (Wildman–Crippen MR) is 55.7 cm³/mol. The second-order valence-electron chi connectivity index (χ2n) is 5.47. The summed E-state index contributed by atoms with van der Waals surface area (Å²) in [5, 5.41) is 11.6. The van der Waals surface area contributed by atoms with E-state index in [4.69, 9.17) is 5.11 Å². The fourth-order valence-electron chi connectivity index (χ4n) is 2.22. The maximum Gasteiger partial charge on any atom is 0.224 e. The van der Waals surface area contributed by atoms with Gasteiger partial charge in [-0.05, 0) is 17.8 Å². The van der Waals surface area contributed by atoms with Crippen molar-refractivity contribution >= 4 is 5.91 Å². The summed E-state index contributed by atoms with van der Waals surface area (Å²) >= 11 is 0. The first-order chi connectivity index (χ1) is 6.25. The number of aliphatic hydroxyl groups excluding tert-OH is 1. The molecule has 3 heteroatoms. The molecule has 2 N–H and O–H groups in total. The Balaban J connectivity index is 2.58. The standard InChI is InChI=1S/C11H21NO2/c1-7(6-13)12-9(14)8-10(2,3)11(8,4)5/h7-8,13H,6H2,1-5H3,(H,12,14)/t7-/m0/s1. The normalized spacial score (nSPS) is 25.6. The van der Waals surface area contributed by atoms with Gasteiger partial charge in [0.1, 0.15) is 0 Å². The number of aliphatic hydroxyl groups is 1. The molecular weight excluding hydrogens is 178 g/mol. The highest BCUT2D eigenvalue weighted by atomic mass is 16.3. The lowest BCUT2D eigenvalue weighted by Gasteiger charge is -2.11. The largest absolute Gasteiger partial charge is 0.394 e. The Kier molecular flexibility index (Phi) is 2.65. The van der Waals surface area contributed by atoms with Gasteiger partial charge in [0.15, 0.2) is 0 Å². The Morgan fingerprint density at radius 2 is 1.79 bits per heavy atom. The molecule has 0 aromatic carbocycles. The Labute approximate surface area is 85.9 Å². The lowest BCUT2D eigenvalue weighted by Crippen LogP contribution is -2.37. The SMILES string of the molecule is C[C@@H](CO)NC(=O)C1C(C)(C)C1(C)C. The van der Waals surface area contributed by atoms with Crippen LogP contribution in [0, 0.1) is 16.7 Å². The number of carbonyl (C=O) groups is 1. The zero-order valence-electron chi connectivity index (χ0n) is 9.72. The van der Waals surface area contributed by atoms with E-state index in [2.05, 4.69) is 33.0 Å². The van der Waals surface area contributed by atoms with Crippen molar-refractivity contribution in [2.75, 3.05) is 6.61 Å². The monoisotopic (exact) mass is 199 g/mol. The van der Waals surface area contributed by atoms with Crippen LogP contribution in [0.25, 0.3) is 0 Å². The molecule has 1 rings (SSSR count). The number of rotatable bonds is 3. The topological polar surface area (TPSA) is 49.3 Å². The minimum atomic E-state index is -0.144. The molecule has 0 aromatic rings. The van der Waals surface area contributed by atoms with Gasteiger partial charge in [-0.2, -0.15) is 0 Å². The van der Waals surface area contributed by atoms with Gasteiger partial charge in [0.05, 0.1) is 6.61 Å². The Morgan fingerprint density at radius 3 is 2.07 bits per heavy atom. The molecule has 0 aromatic heterocycles. The van der Waals surface area contributed by atoms with Crippen LogP contribution in [-0.4, -0.2) is 23.7 Å². The minimum absolute atomic E-state index is 0.000677. The van der Waals surface area contributed by atoms with Gasteiger partial charge in [-0.3, -0.25) is 4.79 Å². The molecule has 1 aliphatic carbocycles.